The van der Waals surface area contributed by atoms with E-state index in [2.05, 4.69) is 10.1 Å². The third-order valence-electron chi connectivity index (χ3n) is 3.65. The molecule has 0 unspecified atom stereocenters. The molecule has 10 nitrogen and oxygen atoms in total. The van der Waals surface area contributed by atoms with Gasteiger partial charge in [0, 0.05) is 26.0 Å². The zero-order valence-electron chi connectivity index (χ0n) is 18.5. The van der Waals surface area contributed by atoms with Gasteiger partial charge in [0.05, 0.1) is 79.8 Å². The number of carbonyl (C=O) groups excluding carboxylic acids is 2. The first kappa shape index (κ1) is 28.7. The molecule has 1 amide bonds. The SMILES string of the molecule is CCC(=O)NCCOCCOCCOCCOCCOCCOCCCC(=O)OC. The van der Waals surface area contributed by atoms with Gasteiger partial charge in [0.25, 0.3) is 0 Å². The number of methoxy groups -OCH3 is 1. The molecule has 0 bridgehead atoms. The zero-order valence-corrected chi connectivity index (χ0v) is 18.5. The van der Waals surface area contributed by atoms with Gasteiger partial charge in [0.15, 0.2) is 0 Å². The van der Waals surface area contributed by atoms with E-state index in [0.29, 0.717) is 105 Å². The van der Waals surface area contributed by atoms with Crippen LogP contribution in [-0.4, -0.2) is 105 Å². The van der Waals surface area contributed by atoms with Gasteiger partial charge in [-0.25, -0.2) is 0 Å². The van der Waals surface area contributed by atoms with Crippen LogP contribution in [0.1, 0.15) is 26.2 Å². The fraction of sp³-hybridized carbons (Fsp3) is 0.900. The maximum atomic E-state index is 11.0. The zero-order chi connectivity index (χ0) is 22.1. The molecule has 0 spiro atoms. The van der Waals surface area contributed by atoms with E-state index < -0.39 is 0 Å². The van der Waals surface area contributed by atoms with E-state index in [1.807, 2.05) is 6.92 Å². The Hall–Kier alpha value is -1.30. The van der Waals surface area contributed by atoms with Crippen molar-refractivity contribution in [1.29, 1.82) is 0 Å². The number of rotatable bonds is 23. The highest BCUT2D eigenvalue weighted by atomic mass is 16.6. The number of nitrogens with one attached hydrogen (secondary N) is 1. The molecule has 0 aromatic carbocycles. The Morgan fingerprint density at radius 1 is 0.633 bits per heavy atom. The molecule has 0 aliphatic heterocycles. The second-order valence-electron chi connectivity index (χ2n) is 6.06. The van der Waals surface area contributed by atoms with Gasteiger partial charge in [-0.1, -0.05) is 6.92 Å². The van der Waals surface area contributed by atoms with Crippen molar-refractivity contribution in [3.05, 3.63) is 0 Å². The first-order valence-electron chi connectivity index (χ1n) is 10.5. The summed E-state index contributed by atoms with van der Waals surface area (Å²) in [6, 6.07) is 0. The lowest BCUT2D eigenvalue weighted by molar-refractivity contribution is -0.141. The maximum Gasteiger partial charge on any atom is 0.305 e. The Morgan fingerprint density at radius 2 is 1.03 bits per heavy atom. The number of hydrogen-bond acceptors (Lipinski definition) is 9. The summed E-state index contributed by atoms with van der Waals surface area (Å²) in [6.45, 7) is 8.29. The van der Waals surface area contributed by atoms with Crippen LogP contribution in [0.5, 0.6) is 0 Å². The minimum Gasteiger partial charge on any atom is -0.469 e. The van der Waals surface area contributed by atoms with Crippen molar-refractivity contribution in [2.24, 2.45) is 0 Å². The van der Waals surface area contributed by atoms with Gasteiger partial charge >= 0.3 is 5.97 Å². The largest absolute Gasteiger partial charge is 0.469 e. The number of esters is 1. The van der Waals surface area contributed by atoms with Crippen LogP contribution in [0.2, 0.25) is 0 Å². The molecular formula is C20H39NO9. The van der Waals surface area contributed by atoms with Crippen LogP contribution < -0.4 is 5.32 Å². The summed E-state index contributed by atoms with van der Waals surface area (Å²) in [4.78, 5) is 21.9. The molecule has 0 atom stereocenters. The van der Waals surface area contributed by atoms with Gasteiger partial charge in [-0.15, -0.1) is 0 Å². The Balaban J connectivity index is 3.05. The summed E-state index contributed by atoms with van der Waals surface area (Å²) in [7, 11) is 1.37. The van der Waals surface area contributed by atoms with Crippen molar-refractivity contribution in [3.8, 4) is 0 Å². The van der Waals surface area contributed by atoms with Crippen LogP contribution in [0.4, 0.5) is 0 Å². The predicted molar refractivity (Wildman–Crippen MR) is 109 cm³/mol. The van der Waals surface area contributed by atoms with Crippen molar-refractivity contribution in [2.45, 2.75) is 26.2 Å². The Labute approximate surface area is 179 Å². The molecule has 0 rings (SSSR count). The van der Waals surface area contributed by atoms with Crippen molar-refractivity contribution in [1.82, 2.24) is 5.32 Å². The lowest BCUT2D eigenvalue weighted by atomic mass is 10.3. The van der Waals surface area contributed by atoms with E-state index in [1.54, 1.807) is 0 Å². The Morgan fingerprint density at radius 3 is 1.43 bits per heavy atom. The second kappa shape index (κ2) is 24.0. The van der Waals surface area contributed by atoms with Crippen molar-refractivity contribution >= 4 is 11.9 Å². The lowest BCUT2D eigenvalue weighted by Crippen LogP contribution is -2.26. The number of amides is 1. The average Bonchev–Trinajstić information content (AvgIpc) is 2.76. The smallest absolute Gasteiger partial charge is 0.305 e. The summed E-state index contributed by atoms with van der Waals surface area (Å²) in [5, 5.41) is 2.73. The van der Waals surface area contributed by atoms with Crippen LogP contribution in [0, 0.1) is 0 Å². The third-order valence-corrected chi connectivity index (χ3v) is 3.65. The van der Waals surface area contributed by atoms with Crippen LogP contribution in [0.15, 0.2) is 0 Å². The van der Waals surface area contributed by atoms with E-state index in [1.165, 1.54) is 7.11 Å². The van der Waals surface area contributed by atoms with E-state index in [-0.39, 0.29) is 11.9 Å². The highest BCUT2D eigenvalue weighted by molar-refractivity contribution is 5.75. The highest BCUT2D eigenvalue weighted by Gasteiger charge is 1.99. The molecule has 0 heterocycles. The van der Waals surface area contributed by atoms with Crippen LogP contribution >= 0.6 is 0 Å². The molecule has 0 aromatic rings. The van der Waals surface area contributed by atoms with Gasteiger partial charge < -0.3 is 38.5 Å². The first-order chi connectivity index (χ1) is 14.7. The molecule has 0 saturated carbocycles. The normalized spacial score (nSPS) is 10.9. The Kier molecular flexibility index (Phi) is 22.9. The van der Waals surface area contributed by atoms with E-state index in [4.69, 9.17) is 28.4 Å². The molecule has 178 valence electrons. The molecular weight excluding hydrogens is 398 g/mol. The minimum absolute atomic E-state index is 0.0265. The average molecular weight is 438 g/mol. The van der Waals surface area contributed by atoms with Gasteiger partial charge in [-0.2, -0.15) is 0 Å². The Bertz CT molecular complexity index is 360. The standard InChI is InChI=1S/C20H39NO9/c1-3-19(22)21-6-8-26-10-12-28-14-16-30-18-17-29-15-13-27-11-9-25-7-4-5-20(23)24-2/h3-18H2,1-2H3,(H,21,22). The molecule has 1 N–H and O–H groups in total. The summed E-state index contributed by atoms with van der Waals surface area (Å²) in [5.41, 5.74) is 0. The van der Waals surface area contributed by atoms with Gasteiger partial charge in [-0.3, -0.25) is 9.59 Å². The van der Waals surface area contributed by atoms with Crippen molar-refractivity contribution in [2.75, 3.05) is 92.9 Å². The lowest BCUT2D eigenvalue weighted by Gasteiger charge is -2.08. The van der Waals surface area contributed by atoms with Crippen LogP contribution in [0.3, 0.4) is 0 Å². The summed E-state index contributed by atoms with van der Waals surface area (Å²) in [5.74, 6) is -0.196. The topological polar surface area (TPSA) is 111 Å². The monoisotopic (exact) mass is 437 g/mol. The van der Waals surface area contributed by atoms with Crippen LogP contribution in [-0.2, 0) is 42.7 Å². The number of carbonyl (C=O) groups is 2. The second-order valence-corrected chi connectivity index (χ2v) is 6.06. The van der Waals surface area contributed by atoms with Crippen molar-refractivity contribution < 1.29 is 42.7 Å². The maximum absolute atomic E-state index is 11.0. The minimum atomic E-state index is -0.222. The summed E-state index contributed by atoms with van der Waals surface area (Å²) >= 11 is 0. The van der Waals surface area contributed by atoms with E-state index in [9.17, 15) is 9.59 Å². The van der Waals surface area contributed by atoms with Gasteiger partial charge in [0.1, 0.15) is 0 Å². The molecule has 0 fully saturated rings. The van der Waals surface area contributed by atoms with Gasteiger partial charge in [0.2, 0.25) is 5.91 Å². The number of ether oxygens (including phenoxy) is 7. The quantitative estimate of drug-likeness (QED) is 0.181. The number of hydrogen-bond donors (Lipinski definition) is 1. The summed E-state index contributed by atoms with van der Waals surface area (Å²) in [6.07, 6.45) is 1.50. The third kappa shape index (κ3) is 23.0. The summed E-state index contributed by atoms with van der Waals surface area (Å²) < 4.78 is 36.7. The van der Waals surface area contributed by atoms with E-state index in [0.717, 1.165) is 0 Å². The molecule has 0 aliphatic carbocycles. The molecule has 0 radical (unpaired) electrons. The van der Waals surface area contributed by atoms with Crippen LogP contribution in [0.25, 0.3) is 0 Å². The fourth-order valence-corrected chi connectivity index (χ4v) is 2.01. The van der Waals surface area contributed by atoms with Crippen molar-refractivity contribution in [3.63, 3.8) is 0 Å². The molecule has 0 saturated heterocycles. The highest BCUT2D eigenvalue weighted by Crippen LogP contribution is 1.92. The first-order valence-corrected chi connectivity index (χ1v) is 10.5. The predicted octanol–water partition coefficient (Wildman–Crippen LogP) is 0.565. The molecule has 10 heteroatoms. The van der Waals surface area contributed by atoms with E-state index >= 15 is 0 Å². The van der Waals surface area contributed by atoms with Gasteiger partial charge in [-0.05, 0) is 6.42 Å². The molecule has 0 aromatic heterocycles. The fourth-order valence-electron chi connectivity index (χ4n) is 2.01. The molecule has 30 heavy (non-hydrogen) atoms. The molecule has 0 aliphatic rings.